The molecule has 9 nitrogen and oxygen atoms in total. The number of carbonyl (C=O) groups excluding carboxylic acids is 1. The molecule has 2 aliphatic heterocycles. The van der Waals surface area contributed by atoms with Crippen molar-refractivity contribution < 1.29 is 19.2 Å². The van der Waals surface area contributed by atoms with Crippen molar-refractivity contribution >= 4 is 46.1 Å². The number of para-hydroxylation sites is 1. The Labute approximate surface area is 222 Å². The third-order valence-electron chi connectivity index (χ3n) is 5.83. The first-order valence-corrected chi connectivity index (χ1v) is 12.6. The molecule has 0 aromatic heterocycles. The number of thioether (sulfide) groups is 1. The molecule has 1 amide bonds. The number of amides is 1. The van der Waals surface area contributed by atoms with Crippen molar-refractivity contribution in [3.05, 3.63) is 111 Å². The van der Waals surface area contributed by atoms with Gasteiger partial charge in [0, 0.05) is 11.5 Å². The maximum atomic E-state index is 12.8. The molecule has 38 heavy (non-hydrogen) atoms. The molecule has 0 aliphatic carbocycles. The number of nitro groups is 1. The fraction of sp³-hybridized carbons (Fsp3) is 0.107. The Hall–Kier alpha value is -4.70. The summed E-state index contributed by atoms with van der Waals surface area (Å²) in [6.45, 7) is 2.18. The largest absolute Gasteiger partial charge is 0.490 e. The van der Waals surface area contributed by atoms with Gasteiger partial charge in [0.15, 0.2) is 16.7 Å². The topological polar surface area (TPSA) is 118 Å². The van der Waals surface area contributed by atoms with E-state index in [1.807, 2.05) is 42.7 Å². The van der Waals surface area contributed by atoms with E-state index in [0.717, 1.165) is 11.3 Å². The van der Waals surface area contributed by atoms with E-state index in [9.17, 15) is 14.9 Å². The number of hydrogen-bond donors (Lipinski definition) is 1. The SMILES string of the molecule is CCOc1cc(/C=C2\C(=N)N3C(c4ccccc4)=CSC3=NC2=O)ccc1OCc1ccccc1[N+](=O)[O-]. The van der Waals surface area contributed by atoms with E-state index < -0.39 is 10.8 Å². The fourth-order valence-corrected chi connectivity index (χ4v) is 4.94. The van der Waals surface area contributed by atoms with Gasteiger partial charge in [-0.2, -0.15) is 4.99 Å². The Morgan fingerprint density at radius 1 is 1.05 bits per heavy atom. The van der Waals surface area contributed by atoms with Crippen molar-refractivity contribution in [2.24, 2.45) is 4.99 Å². The smallest absolute Gasteiger partial charge is 0.283 e. The molecule has 190 valence electrons. The normalized spacial score (nSPS) is 15.7. The van der Waals surface area contributed by atoms with Crippen LogP contribution in [0.3, 0.4) is 0 Å². The van der Waals surface area contributed by atoms with E-state index in [-0.39, 0.29) is 23.7 Å². The van der Waals surface area contributed by atoms with E-state index in [1.54, 1.807) is 47.4 Å². The monoisotopic (exact) mass is 526 g/mol. The van der Waals surface area contributed by atoms with Gasteiger partial charge in [-0.15, -0.1) is 0 Å². The molecule has 0 atom stereocenters. The molecular weight excluding hydrogens is 504 g/mol. The minimum absolute atomic E-state index is 0.0144. The lowest BCUT2D eigenvalue weighted by Crippen LogP contribution is -2.38. The molecule has 0 fully saturated rings. The van der Waals surface area contributed by atoms with Gasteiger partial charge in [0.25, 0.3) is 11.6 Å². The zero-order valence-electron chi connectivity index (χ0n) is 20.3. The van der Waals surface area contributed by atoms with Crippen LogP contribution in [0.1, 0.15) is 23.6 Å². The number of nitro benzene ring substituents is 1. The van der Waals surface area contributed by atoms with Crippen molar-refractivity contribution in [1.82, 2.24) is 4.90 Å². The number of fused-ring (bicyclic) bond motifs is 1. The molecule has 5 rings (SSSR count). The van der Waals surface area contributed by atoms with Crippen LogP contribution in [-0.4, -0.2) is 33.3 Å². The highest BCUT2D eigenvalue weighted by atomic mass is 32.2. The van der Waals surface area contributed by atoms with Crippen LogP contribution >= 0.6 is 11.8 Å². The lowest BCUT2D eigenvalue weighted by molar-refractivity contribution is -0.385. The molecule has 0 spiro atoms. The molecule has 0 bridgehead atoms. The van der Waals surface area contributed by atoms with Crippen molar-refractivity contribution in [3.63, 3.8) is 0 Å². The highest BCUT2D eigenvalue weighted by Gasteiger charge is 2.36. The van der Waals surface area contributed by atoms with Gasteiger partial charge < -0.3 is 9.47 Å². The van der Waals surface area contributed by atoms with Crippen LogP contribution in [0.5, 0.6) is 11.5 Å². The third kappa shape index (κ3) is 4.94. The Morgan fingerprint density at radius 3 is 2.58 bits per heavy atom. The lowest BCUT2D eigenvalue weighted by Gasteiger charge is -2.27. The molecule has 2 aliphatic rings. The van der Waals surface area contributed by atoms with Crippen LogP contribution in [-0.2, 0) is 11.4 Å². The van der Waals surface area contributed by atoms with Crippen molar-refractivity contribution in [2.75, 3.05) is 6.61 Å². The first-order chi connectivity index (χ1) is 18.5. The first-order valence-electron chi connectivity index (χ1n) is 11.7. The highest BCUT2D eigenvalue weighted by Crippen LogP contribution is 2.38. The van der Waals surface area contributed by atoms with Gasteiger partial charge in [-0.05, 0) is 42.3 Å². The van der Waals surface area contributed by atoms with E-state index in [0.29, 0.717) is 34.4 Å². The summed E-state index contributed by atoms with van der Waals surface area (Å²) in [7, 11) is 0. The van der Waals surface area contributed by atoms with Crippen LogP contribution in [0.15, 0.2) is 88.8 Å². The van der Waals surface area contributed by atoms with E-state index in [2.05, 4.69) is 4.99 Å². The summed E-state index contributed by atoms with van der Waals surface area (Å²) in [4.78, 5) is 29.6. The summed E-state index contributed by atoms with van der Waals surface area (Å²) in [6.07, 6.45) is 1.60. The number of aliphatic imine (C=N–C) groups is 1. The molecule has 0 radical (unpaired) electrons. The van der Waals surface area contributed by atoms with Crippen LogP contribution in [0.2, 0.25) is 0 Å². The Balaban J connectivity index is 1.42. The summed E-state index contributed by atoms with van der Waals surface area (Å²) in [6, 6.07) is 21.1. The number of rotatable bonds is 8. The summed E-state index contributed by atoms with van der Waals surface area (Å²) in [5.74, 6) is 0.365. The molecule has 3 aromatic rings. The fourth-order valence-electron chi connectivity index (χ4n) is 4.05. The zero-order chi connectivity index (χ0) is 26.6. The molecule has 10 heteroatoms. The summed E-state index contributed by atoms with van der Waals surface area (Å²) in [5.41, 5.74) is 2.88. The number of amidine groups is 2. The maximum Gasteiger partial charge on any atom is 0.283 e. The molecule has 3 aromatic carbocycles. The quantitative estimate of drug-likeness (QED) is 0.221. The Bertz CT molecular complexity index is 1530. The van der Waals surface area contributed by atoms with Crippen molar-refractivity contribution in [2.45, 2.75) is 13.5 Å². The summed E-state index contributed by atoms with van der Waals surface area (Å²) in [5, 5.41) is 22.5. The summed E-state index contributed by atoms with van der Waals surface area (Å²) >= 11 is 1.31. The molecule has 2 heterocycles. The predicted molar refractivity (Wildman–Crippen MR) is 147 cm³/mol. The minimum atomic E-state index is -0.494. The minimum Gasteiger partial charge on any atom is -0.490 e. The van der Waals surface area contributed by atoms with Gasteiger partial charge in [0.2, 0.25) is 0 Å². The molecule has 1 N–H and O–H groups in total. The van der Waals surface area contributed by atoms with Gasteiger partial charge in [-0.25, -0.2) is 0 Å². The first kappa shape index (κ1) is 25.0. The average molecular weight is 527 g/mol. The number of nitrogens with one attached hydrogen (secondary N) is 1. The number of ether oxygens (including phenoxy) is 2. The Morgan fingerprint density at radius 2 is 1.82 bits per heavy atom. The second kappa shape index (κ2) is 10.7. The van der Waals surface area contributed by atoms with Crippen LogP contribution in [0.4, 0.5) is 5.69 Å². The van der Waals surface area contributed by atoms with Gasteiger partial charge in [0.05, 0.1) is 28.4 Å². The lowest BCUT2D eigenvalue weighted by atomic mass is 10.1. The second-order valence-corrected chi connectivity index (χ2v) is 9.08. The Kier molecular flexibility index (Phi) is 7.05. The maximum absolute atomic E-state index is 12.8. The number of nitrogens with zero attached hydrogens (tertiary/aromatic N) is 3. The van der Waals surface area contributed by atoms with Gasteiger partial charge in [0.1, 0.15) is 12.4 Å². The van der Waals surface area contributed by atoms with E-state index in [4.69, 9.17) is 14.9 Å². The highest BCUT2D eigenvalue weighted by molar-refractivity contribution is 8.17. The van der Waals surface area contributed by atoms with Gasteiger partial charge >= 0.3 is 0 Å². The summed E-state index contributed by atoms with van der Waals surface area (Å²) < 4.78 is 11.6. The molecular formula is C28H22N4O5S. The molecule has 0 saturated heterocycles. The van der Waals surface area contributed by atoms with Crippen molar-refractivity contribution in [1.29, 1.82) is 5.41 Å². The second-order valence-electron chi connectivity index (χ2n) is 8.24. The molecule has 0 saturated carbocycles. The number of carbonyl (C=O) groups is 1. The van der Waals surface area contributed by atoms with Crippen LogP contribution in [0, 0.1) is 15.5 Å². The van der Waals surface area contributed by atoms with Gasteiger partial charge in [-0.1, -0.05) is 60.3 Å². The average Bonchev–Trinajstić information content (AvgIpc) is 3.35. The van der Waals surface area contributed by atoms with E-state index >= 15 is 0 Å². The van der Waals surface area contributed by atoms with Gasteiger partial charge in [-0.3, -0.25) is 25.2 Å². The van der Waals surface area contributed by atoms with E-state index in [1.165, 1.54) is 17.8 Å². The molecule has 0 unspecified atom stereocenters. The van der Waals surface area contributed by atoms with Crippen LogP contribution in [0.25, 0.3) is 11.8 Å². The van der Waals surface area contributed by atoms with Crippen LogP contribution < -0.4 is 9.47 Å². The number of hydrogen-bond acceptors (Lipinski definition) is 7. The predicted octanol–water partition coefficient (Wildman–Crippen LogP) is 5.88. The number of benzene rings is 3. The van der Waals surface area contributed by atoms with Crippen molar-refractivity contribution in [3.8, 4) is 11.5 Å². The third-order valence-corrected chi connectivity index (χ3v) is 6.66. The zero-order valence-corrected chi connectivity index (χ0v) is 21.1. The standard InChI is InChI=1S/C28H22N4O5S/c1-2-36-25-15-18(12-13-24(25)37-16-20-10-6-7-11-22(20)32(34)35)14-21-26(29)31-23(19-8-4-3-5-9-19)17-38-28(31)30-27(21)33/h3-15,17,29H,2,16H2,1H3/b21-14+,29-26?.